The minimum absolute atomic E-state index is 0.134. The van der Waals surface area contributed by atoms with Crippen molar-refractivity contribution < 1.29 is 4.79 Å². The average molecular weight is 309 g/mol. The molecule has 6 nitrogen and oxygen atoms in total. The fraction of sp³-hybridized carbons (Fsp3) is 0.235. The molecule has 3 rings (SSSR count). The van der Waals surface area contributed by atoms with Gasteiger partial charge in [-0.15, -0.1) is 5.10 Å². The minimum atomic E-state index is -0.134. The van der Waals surface area contributed by atoms with Crippen molar-refractivity contribution in [3.63, 3.8) is 0 Å². The Labute approximate surface area is 134 Å². The second kappa shape index (κ2) is 6.48. The van der Waals surface area contributed by atoms with Crippen LogP contribution in [0.15, 0.2) is 48.5 Å². The van der Waals surface area contributed by atoms with Gasteiger partial charge in [0.15, 0.2) is 5.65 Å². The van der Waals surface area contributed by atoms with E-state index in [-0.39, 0.29) is 11.9 Å². The van der Waals surface area contributed by atoms with Gasteiger partial charge >= 0.3 is 0 Å². The highest BCUT2D eigenvalue weighted by Gasteiger charge is 2.11. The largest absolute Gasteiger partial charge is 0.368 e. The molecular formula is C17H19N5O. The van der Waals surface area contributed by atoms with Crippen molar-refractivity contribution in [1.29, 1.82) is 0 Å². The van der Waals surface area contributed by atoms with E-state index in [4.69, 9.17) is 0 Å². The molecule has 2 heterocycles. The van der Waals surface area contributed by atoms with Crippen LogP contribution in [-0.4, -0.2) is 26.5 Å². The maximum Gasteiger partial charge on any atom is 0.249 e. The smallest absolute Gasteiger partial charge is 0.249 e. The van der Waals surface area contributed by atoms with Crippen LogP contribution in [0.25, 0.3) is 5.65 Å². The summed E-state index contributed by atoms with van der Waals surface area (Å²) in [6.45, 7) is 4.11. The number of fused-ring (bicyclic) bond motifs is 1. The van der Waals surface area contributed by atoms with Gasteiger partial charge in [0.1, 0.15) is 5.82 Å². The zero-order chi connectivity index (χ0) is 16.2. The third-order valence-corrected chi connectivity index (χ3v) is 3.26. The lowest BCUT2D eigenvalue weighted by Gasteiger charge is -2.10. The van der Waals surface area contributed by atoms with Crippen molar-refractivity contribution in [3.05, 3.63) is 54.1 Å². The number of anilines is 2. The molecule has 23 heavy (non-hydrogen) atoms. The summed E-state index contributed by atoms with van der Waals surface area (Å²) in [5.74, 6) is 1.02. The SMILES string of the molecule is CC(C)Nc1cccc2nc(NC(=O)Cc3ccccc3)nn12. The van der Waals surface area contributed by atoms with E-state index in [1.807, 2.05) is 48.5 Å². The highest BCUT2D eigenvalue weighted by molar-refractivity contribution is 5.90. The number of nitrogens with zero attached hydrogens (tertiary/aromatic N) is 3. The van der Waals surface area contributed by atoms with E-state index >= 15 is 0 Å². The summed E-state index contributed by atoms with van der Waals surface area (Å²) in [6.07, 6.45) is 0.299. The lowest BCUT2D eigenvalue weighted by atomic mass is 10.1. The molecule has 0 radical (unpaired) electrons. The van der Waals surface area contributed by atoms with E-state index in [1.54, 1.807) is 4.52 Å². The number of benzene rings is 1. The average Bonchev–Trinajstić information content (AvgIpc) is 2.91. The maximum atomic E-state index is 12.1. The van der Waals surface area contributed by atoms with Crippen LogP contribution in [0.3, 0.4) is 0 Å². The molecule has 3 aromatic rings. The Balaban J connectivity index is 1.77. The first-order chi connectivity index (χ1) is 11.1. The van der Waals surface area contributed by atoms with Crippen molar-refractivity contribution in [2.75, 3.05) is 10.6 Å². The van der Waals surface area contributed by atoms with Crippen molar-refractivity contribution in [2.45, 2.75) is 26.3 Å². The Morgan fingerprint density at radius 1 is 1.13 bits per heavy atom. The first-order valence-electron chi connectivity index (χ1n) is 7.58. The summed E-state index contributed by atoms with van der Waals surface area (Å²) >= 11 is 0. The van der Waals surface area contributed by atoms with E-state index in [0.29, 0.717) is 18.0 Å². The van der Waals surface area contributed by atoms with Gasteiger partial charge in [0.25, 0.3) is 0 Å². The van der Waals surface area contributed by atoms with E-state index in [0.717, 1.165) is 11.4 Å². The number of pyridine rings is 1. The van der Waals surface area contributed by atoms with Gasteiger partial charge in [-0.05, 0) is 31.5 Å². The summed E-state index contributed by atoms with van der Waals surface area (Å²) in [5.41, 5.74) is 1.64. The van der Waals surface area contributed by atoms with Crippen molar-refractivity contribution in [2.24, 2.45) is 0 Å². The first kappa shape index (κ1) is 15.0. The van der Waals surface area contributed by atoms with Gasteiger partial charge in [-0.25, -0.2) is 0 Å². The van der Waals surface area contributed by atoms with Gasteiger partial charge < -0.3 is 5.32 Å². The van der Waals surface area contributed by atoms with E-state index in [2.05, 4.69) is 34.6 Å². The second-order valence-corrected chi connectivity index (χ2v) is 5.63. The van der Waals surface area contributed by atoms with Gasteiger partial charge in [0, 0.05) is 6.04 Å². The summed E-state index contributed by atoms with van der Waals surface area (Å²) in [7, 11) is 0. The Bertz CT molecular complexity index is 810. The molecule has 0 bridgehead atoms. The Morgan fingerprint density at radius 3 is 2.65 bits per heavy atom. The number of rotatable bonds is 5. The molecule has 0 fully saturated rings. The first-order valence-corrected chi connectivity index (χ1v) is 7.58. The van der Waals surface area contributed by atoms with Crippen molar-refractivity contribution >= 4 is 23.3 Å². The topological polar surface area (TPSA) is 71.3 Å². The van der Waals surface area contributed by atoms with Crippen LogP contribution in [0.4, 0.5) is 11.8 Å². The number of nitrogens with one attached hydrogen (secondary N) is 2. The fourth-order valence-corrected chi connectivity index (χ4v) is 2.31. The van der Waals surface area contributed by atoms with Crippen LogP contribution >= 0.6 is 0 Å². The van der Waals surface area contributed by atoms with Crippen LogP contribution in [-0.2, 0) is 11.2 Å². The Kier molecular flexibility index (Phi) is 4.23. The summed E-state index contributed by atoms with van der Waals surface area (Å²) in [6, 6.07) is 15.6. The van der Waals surface area contributed by atoms with E-state index in [9.17, 15) is 4.79 Å². The third-order valence-electron chi connectivity index (χ3n) is 3.26. The zero-order valence-electron chi connectivity index (χ0n) is 13.2. The minimum Gasteiger partial charge on any atom is -0.368 e. The molecule has 118 valence electrons. The molecule has 2 aromatic heterocycles. The highest BCUT2D eigenvalue weighted by atomic mass is 16.1. The molecule has 0 saturated carbocycles. The number of aromatic nitrogens is 3. The Hall–Kier alpha value is -2.89. The van der Waals surface area contributed by atoms with Crippen LogP contribution in [0, 0.1) is 0 Å². The molecule has 0 aliphatic rings. The third kappa shape index (κ3) is 3.66. The van der Waals surface area contributed by atoms with Crippen molar-refractivity contribution in [1.82, 2.24) is 14.6 Å². The molecule has 0 aliphatic carbocycles. The molecular weight excluding hydrogens is 290 g/mol. The molecule has 0 saturated heterocycles. The summed E-state index contributed by atoms with van der Waals surface area (Å²) in [4.78, 5) is 16.4. The monoisotopic (exact) mass is 309 g/mol. The summed E-state index contributed by atoms with van der Waals surface area (Å²) in [5, 5.41) is 10.4. The Morgan fingerprint density at radius 2 is 1.91 bits per heavy atom. The molecule has 0 atom stereocenters. The van der Waals surface area contributed by atoms with Gasteiger partial charge in [0.2, 0.25) is 11.9 Å². The van der Waals surface area contributed by atoms with Crippen LogP contribution in [0.1, 0.15) is 19.4 Å². The predicted molar refractivity (Wildman–Crippen MR) is 90.5 cm³/mol. The zero-order valence-corrected chi connectivity index (χ0v) is 13.2. The van der Waals surface area contributed by atoms with Crippen LogP contribution in [0.5, 0.6) is 0 Å². The number of hydrogen-bond donors (Lipinski definition) is 2. The van der Waals surface area contributed by atoms with E-state index in [1.165, 1.54) is 0 Å². The summed E-state index contributed by atoms with van der Waals surface area (Å²) < 4.78 is 1.69. The standard InChI is InChI=1S/C17H19N5O/c1-12(2)18-14-9-6-10-15-19-17(21-22(14)15)20-16(23)11-13-7-4-3-5-8-13/h3-10,12,18H,11H2,1-2H3,(H,20,21,23). The molecule has 0 spiro atoms. The van der Waals surface area contributed by atoms with Gasteiger partial charge in [-0.2, -0.15) is 9.50 Å². The quantitative estimate of drug-likeness (QED) is 0.760. The normalized spacial score (nSPS) is 10.9. The molecule has 1 aromatic carbocycles. The van der Waals surface area contributed by atoms with Crippen LogP contribution < -0.4 is 10.6 Å². The molecule has 0 unspecified atom stereocenters. The van der Waals surface area contributed by atoms with Crippen LogP contribution in [0.2, 0.25) is 0 Å². The maximum absolute atomic E-state index is 12.1. The lowest BCUT2D eigenvalue weighted by Crippen LogP contribution is -2.16. The molecule has 2 N–H and O–H groups in total. The fourth-order valence-electron chi connectivity index (χ4n) is 2.31. The van der Waals surface area contributed by atoms with E-state index < -0.39 is 0 Å². The van der Waals surface area contributed by atoms with Gasteiger partial charge in [-0.3, -0.25) is 10.1 Å². The number of carbonyl (C=O) groups excluding carboxylic acids is 1. The number of amides is 1. The van der Waals surface area contributed by atoms with Crippen molar-refractivity contribution in [3.8, 4) is 0 Å². The predicted octanol–water partition coefficient (Wildman–Crippen LogP) is 2.73. The lowest BCUT2D eigenvalue weighted by molar-refractivity contribution is -0.115. The van der Waals surface area contributed by atoms with Gasteiger partial charge in [-0.1, -0.05) is 36.4 Å². The second-order valence-electron chi connectivity index (χ2n) is 5.63. The van der Waals surface area contributed by atoms with Gasteiger partial charge in [0.05, 0.1) is 6.42 Å². The number of carbonyl (C=O) groups is 1. The number of hydrogen-bond acceptors (Lipinski definition) is 4. The molecule has 0 aliphatic heterocycles. The molecule has 1 amide bonds. The molecule has 6 heteroatoms. The highest BCUT2D eigenvalue weighted by Crippen LogP contribution is 2.14.